The Morgan fingerprint density at radius 3 is 2.67 bits per heavy atom. The maximum atomic E-state index is 12.1. The molecule has 0 saturated heterocycles. The molecule has 0 spiro atoms. The van der Waals surface area contributed by atoms with Gasteiger partial charge >= 0.3 is 0 Å². The lowest BCUT2D eigenvalue weighted by atomic mass is 9.83. The Kier molecular flexibility index (Phi) is 7.56. The Balaban J connectivity index is 0.00000289. The van der Waals surface area contributed by atoms with Gasteiger partial charge in [0.2, 0.25) is 5.91 Å². The van der Waals surface area contributed by atoms with Gasteiger partial charge < -0.3 is 10.6 Å². The van der Waals surface area contributed by atoms with E-state index in [0.717, 1.165) is 25.9 Å². The quantitative estimate of drug-likeness (QED) is 0.757. The van der Waals surface area contributed by atoms with Gasteiger partial charge in [-0.25, -0.2) is 0 Å². The molecular weight excluding hydrogens is 248 g/mol. The van der Waals surface area contributed by atoms with Crippen molar-refractivity contribution in [2.24, 2.45) is 11.3 Å². The van der Waals surface area contributed by atoms with Crippen molar-refractivity contribution in [3.63, 3.8) is 0 Å². The summed E-state index contributed by atoms with van der Waals surface area (Å²) in [7, 11) is 0. The van der Waals surface area contributed by atoms with E-state index in [1.807, 2.05) is 13.8 Å². The highest BCUT2D eigenvalue weighted by Crippen LogP contribution is 2.25. The van der Waals surface area contributed by atoms with E-state index in [9.17, 15) is 4.79 Å². The summed E-state index contributed by atoms with van der Waals surface area (Å²) in [4.78, 5) is 12.1. The first kappa shape index (κ1) is 17.5. The zero-order valence-electron chi connectivity index (χ0n) is 12.0. The largest absolute Gasteiger partial charge is 0.352 e. The summed E-state index contributed by atoms with van der Waals surface area (Å²) < 4.78 is 0. The van der Waals surface area contributed by atoms with Crippen LogP contribution in [0.3, 0.4) is 0 Å². The summed E-state index contributed by atoms with van der Waals surface area (Å²) in [5, 5.41) is 6.33. The molecule has 0 atom stereocenters. The average molecular weight is 275 g/mol. The second-order valence-corrected chi connectivity index (χ2v) is 5.98. The molecule has 0 bridgehead atoms. The Bertz CT molecular complexity index is 298. The lowest BCUT2D eigenvalue weighted by molar-refractivity contribution is -0.129. The van der Waals surface area contributed by atoms with Crippen LogP contribution in [0.5, 0.6) is 0 Å². The first-order valence-electron chi connectivity index (χ1n) is 6.59. The van der Waals surface area contributed by atoms with Gasteiger partial charge in [-0.05, 0) is 25.3 Å². The van der Waals surface area contributed by atoms with Crippen LogP contribution < -0.4 is 10.6 Å². The van der Waals surface area contributed by atoms with Crippen LogP contribution in [-0.2, 0) is 4.79 Å². The second-order valence-electron chi connectivity index (χ2n) is 5.98. The highest BCUT2D eigenvalue weighted by molar-refractivity contribution is 5.85. The highest BCUT2D eigenvalue weighted by atomic mass is 35.5. The average Bonchev–Trinajstić information content (AvgIpc) is 2.25. The Morgan fingerprint density at radius 1 is 1.50 bits per heavy atom. The van der Waals surface area contributed by atoms with E-state index in [0.29, 0.717) is 12.5 Å². The fourth-order valence-electron chi connectivity index (χ4n) is 2.38. The first-order chi connectivity index (χ1) is 7.92. The number of halogens is 1. The molecule has 1 heterocycles. The first-order valence-corrected chi connectivity index (χ1v) is 6.59. The minimum atomic E-state index is -0.262. The summed E-state index contributed by atoms with van der Waals surface area (Å²) >= 11 is 0. The summed E-state index contributed by atoms with van der Waals surface area (Å²) in [5.74, 6) is 0.722. The molecule has 1 amide bonds. The van der Waals surface area contributed by atoms with Gasteiger partial charge in [0.15, 0.2) is 0 Å². The van der Waals surface area contributed by atoms with Crippen molar-refractivity contribution in [3.05, 3.63) is 11.6 Å². The van der Waals surface area contributed by atoms with Crippen molar-refractivity contribution in [2.45, 2.75) is 40.5 Å². The summed E-state index contributed by atoms with van der Waals surface area (Å²) in [6.07, 6.45) is 4.16. The molecule has 0 aromatic carbocycles. The molecule has 0 aromatic rings. The van der Waals surface area contributed by atoms with Crippen molar-refractivity contribution in [1.82, 2.24) is 10.6 Å². The molecule has 2 N–H and O–H groups in total. The number of hydrogen-bond donors (Lipinski definition) is 2. The third-order valence-corrected chi connectivity index (χ3v) is 3.17. The molecule has 0 aromatic heterocycles. The zero-order valence-corrected chi connectivity index (χ0v) is 12.8. The predicted octanol–water partition coefficient (Wildman–Crippen LogP) is 2.52. The standard InChI is InChI=1S/C14H26N2O.ClH/c1-11(2)9-14(3,4)13(17)16-10-12-5-7-15-8-6-12;/h5,11,15H,6-10H2,1-4H3,(H,16,17);1H. The lowest BCUT2D eigenvalue weighted by Crippen LogP contribution is -2.39. The van der Waals surface area contributed by atoms with Crippen LogP contribution in [0.1, 0.15) is 40.5 Å². The second kappa shape index (κ2) is 7.80. The number of carbonyl (C=O) groups is 1. The molecule has 1 aliphatic rings. The predicted molar refractivity (Wildman–Crippen MR) is 79.1 cm³/mol. The molecule has 0 unspecified atom stereocenters. The van der Waals surface area contributed by atoms with Crippen LogP contribution >= 0.6 is 12.4 Å². The van der Waals surface area contributed by atoms with Crippen molar-refractivity contribution < 1.29 is 4.79 Å². The monoisotopic (exact) mass is 274 g/mol. The fourth-order valence-corrected chi connectivity index (χ4v) is 2.38. The normalized spacial score (nSPS) is 15.9. The van der Waals surface area contributed by atoms with Gasteiger partial charge in [0.05, 0.1) is 0 Å². The molecule has 0 aliphatic carbocycles. The third-order valence-electron chi connectivity index (χ3n) is 3.17. The van der Waals surface area contributed by atoms with Gasteiger partial charge in [-0.2, -0.15) is 0 Å². The minimum absolute atomic E-state index is 0. The van der Waals surface area contributed by atoms with Crippen molar-refractivity contribution in [2.75, 3.05) is 19.6 Å². The van der Waals surface area contributed by atoms with Gasteiger partial charge in [0, 0.05) is 18.5 Å². The molecular formula is C14H27ClN2O. The number of carbonyl (C=O) groups excluding carboxylic acids is 1. The van der Waals surface area contributed by atoms with E-state index in [4.69, 9.17) is 0 Å². The minimum Gasteiger partial charge on any atom is -0.352 e. The number of rotatable bonds is 5. The summed E-state index contributed by atoms with van der Waals surface area (Å²) in [6.45, 7) is 11.0. The van der Waals surface area contributed by atoms with E-state index >= 15 is 0 Å². The molecule has 0 radical (unpaired) electrons. The van der Waals surface area contributed by atoms with Crippen molar-refractivity contribution in [3.8, 4) is 0 Å². The molecule has 1 rings (SSSR count). The van der Waals surface area contributed by atoms with E-state index < -0.39 is 0 Å². The van der Waals surface area contributed by atoms with Crippen molar-refractivity contribution >= 4 is 18.3 Å². The van der Waals surface area contributed by atoms with Crippen LogP contribution in [0.2, 0.25) is 0 Å². The molecule has 1 aliphatic heterocycles. The maximum absolute atomic E-state index is 12.1. The number of nitrogens with one attached hydrogen (secondary N) is 2. The Morgan fingerprint density at radius 2 is 2.17 bits per heavy atom. The van der Waals surface area contributed by atoms with Gasteiger partial charge in [-0.3, -0.25) is 4.79 Å². The molecule has 106 valence electrons. The third kappa shape index (κ3) is 5.87. The highest BCUT2D eigenvalue weighted by Gasteiger charge is 2.28. The summed E-state index contributed by atoms with van der Waals surface area (Å²) in [5.41, 5.74) is 1.08. The smallest absolute Gasteiger partial charge is 0.225 e. The number of hydrogen-bond acceptors (Lipinski definition) is 2. The van der Waals surface area contributed by atoms with Crippen LogP contribution in [0, 0.1) is 11.3 Å². The Hall–Kier alpha value is -0.540. The molecule has 18 heavy (non-hydrogen) atoms. The van der Waals surface area contributed by atoms with Crippen molar-refractivity contribution in [1.29, 1.82) is 0 Å². The zero-order chi connectivity index (χ0) is 12.9. The topological polar surface area (TPSA) is 41.1 Å². The van der Waals surface area contributed by atoms with Gasteiger partial charge in [0.1, 0.15) is 0 Å². The summed E-state index contributed by atoms with van der Waals surface area (Å²) in [6, 6.07) is 0. The van der Waals surface area contributed by atoms with Crippen LogP contribution in [0.25, 0.3) is 0 Å². The van der Waals surface area contributed by atoms with Gasteiger partial charge in [0.25, 0.3) is 0 Å². The van der Waals surface area contributed by atoms with Crippen LogP contribution in [-0.4, -0.2) is 25.5 Å². The SMILES string of the molecule is CC(C)CC(C)(C)C(=O)NCC1=CCNCC1.Cl. The van der Waals surface area contributed by atoms with Gasteiger partial charge in [-0.1, -0.05) is 39.3 Å². The van der Waals surface area contributed by atoms with E-state index in [1.165, 1.54) is 5.57 Å². The molecule has 0 fully saturated rings. The Labute approximate surface area is 117 Å². The molecule has 3 nitrogen and oxygen atoms in total. The van der Waals surface area contributed by atoms with E-state index in [2.05, 4.69) is 30.6 Å². The molecule has 0 saturated carbocycles. The number of amides is 1. The van der Waals surface area contributed by atoms with E-state index in [1.54, 1.807) is 0 Å². The van der Waals surface area contributed by atoms with E-state index in [-0.39, 0.29) is 23.7 Å². The van der Waals surface area contributed by atoms with Crippen LogP contribution in [0.15, 0.2) is 11.6 Å². The molecule has 4 heteroatoms. The fraction of sp³-hybridized carbons (Fsp3) is 0.786. The van der Waals surface area contributed by atoms with Crippen LogP contribution in [0.4, 0.5) is 0 Å². The maximum Gasteiger partial charge on any atom is 0.225 e. The van der Waals surface area contributed by atoms with Gasteiger partial charge in [-0.15, -0.1) is 12.4 Å². The lowest BCUT2D eigenvalue weighted by Gasteiger charge is -2.26.